The van der Waals surface area contributed by atoms with Crippen LogP contribution in [0.15, 0.2) is 45.6 Å². The summed E-state index contributed by atoms with van der Waals surface area (Å²) in [6.07, 6.45) is 13.0. The minimum Gasteiger partial charge on any atom is -0.478 e. The standard InChI is InChI=1S/C26H40Br2N4O2S2.2ClH/c27-23-9-11-25(31-21-23)33-17-7-3-1-5-13-29-15-19-35-36-20-16-30-14-6-2-4-8-18-34-26-12-10-24(28)22-32-26;;/h9-12,21-22,29-30H,1-8,13-20H2;2*1H. The van der Waals surface area contributed by atoms with Crippen LogP contribution in [0.5, 0.6) is 11.8 Å². The van der Waals surface area contributed by atoms with Gasteiger partial charge in [0.05, 0.1) is 13.2 Å². The first-order valence-corrected chi connectivity index (χ1v) is 17.0. The molecule has 38 heavy (non-hydrogen) atoms. The van der Waals surface area contributed by atoms with E-state index in [2.05, 4.69) is 52.5 Å². The lowest BCUT2D eigenvalue weighted by atomic mass is 10.2. The van der Waals surface area contributed by atoms with Gasteiger partial charge in [-0.25, -0.2) is 9.97 Å². The number of ether oxygens (including phenoxy) is 2. The molecule has 0 saturated heterocycles. The van der Waals surface area contributed by atoms with Crippen molar-refractivity contribution in [1.29, 1.82) is 0 Å². The predicted molar refractivity (Wildman–Crippen MR) is 177 cm³/mol. The van der Waals surface area contributed by atoms with Crippen LogP contribution in [0.1, 0.15) is 51.4 Å². The summed E-state index contributed by atoms with van der Waals surface area (Å²) in [5, 5.41) is 7.10. The number of hydrogen-bond acceptors (Lipinski definition) is 8. The average Bonchev–Trinajstić information content (AvgIpc) is 2.89. The van der Waals surface area contributed by atoms with Gasteiger partial charge in [0.2, 0.25) is 11.8 Å². The Morgan fingerprint density at radius 3 is 1.39 bits per heavy atom. The van der Waals surface area contributed by atoms with Crippen LogP contribution in [0.25, 0.3) is 0 Å². The van der Waals surface area contributed by atoms with Crippen LogP contribution in [0.4, 0.5) is 0 Å². The van der Waals surface area contributed by atoms with Crippen LogP contribution in [0.2, 0.25) is 0 Å². The molecule has 2 heterocycles. The molecule has 0 unspecified atom stereocenters. The van der Waals surface area contributed by atoms with Crippen molar-refractivity contribution < 1.29 is 9.47 Å². The number of nitrogens with zero attached hydrogens (tertiary/aromatic N) is 2. The van der Waals surface area contributed by atoms with E-state index < -0.39 is 0 Å². The Kier molecular flexibility index (Phi) is 27.3. The Morgan fingerprint density at radius 1 is 0.579 bits per heavy atom. The van der Waals surface area contributed by atoms with E-state index in [-0.39, 0.29) is 24.8 Å². The third-order valence-electron chi connectivity index (χ3n) is 5.20. The van der Waals surface area contributed by atoms with E-state index >= 15 is 0 Å². The number of unbranched alkanes of at least 4 members (excludes halogenated alkanes) is 6. The molecule has 0 saturated carbocycles. The van der Waals surface area contributed by atoms with Gasteiger partial charge in [0.1, 0.15) is 0 Å². The van der Waals surface area contributed by atoms with Gasteiger partial charge < -0.3 is 20.1 Å². The minimum absolute atomic E-state index is 0. The van der Waals surface area contributed by atoms with Gasteiger partial charge in [-0.1, -0.05) is 47.3 Å². The lowest BCUT2D eigenvalue weighted by Gasteiger charge is -2.07. The fourth-order valence-electron chi connectivity index (χ4n) is 3.26. The monoisotopic (exact) mass is 734 g/mol. The zero-order valence-corrected chi connectivity index (χ0v) is 28.3. The van der Waals surface area contributed by atoms with Crippen LogP contribution in [-0.2, 0) is 0 Å². The van der Waals surface area contributed by atoms with Crippen molar-refractivity contribution in [2.24, 2.45) is 0 Å². The second kappa shape index (κ2) is 27.2. The first-order valence-electron chi connectivity index (χ1n) is 12.9. The molecule has 0 radical (unpaired) electrons. The first-order chi connectivity index (χ1) is 17.7. The highest BCUT2D eigenvalue weighted by Gasteiger charge is 1.98. The zero-order valence-electron chi connectivity index (χ0n) is 21.9. The van der Waals surface area contributed by atoms with Gasteiger partial charge in [0, 0.05) is 58.1 Å². The second-order valence-electron chi connectivity index (χ2n) is 8.30. The van der Waals surface area contributed by atoms with Crippen molar-refractivity contribution in [1.82, 2.24) is 20.6 Å². The van der Waals surface area contributed by atoms with Gasteiger partial charge in [-0.15, -0.1) is 24.8 Å². The van der Waals surface area contributed by atoms with Gasteiger partial charge >= 0.3 is 0 Å². The maximum absolute atomic E-state index is 5.65. The number of rotatable bonds is 23. The molecule has 0 spiro atoms. The molecule has 0 aromatic carbocycles. The summed E-state index contributed by atoms with van der Waals surface area (Å²) in [5.41, 5.74) is 0. The van der Waals surface area contributed by atoms with Crippen molar-refractivity contribution in [3.05, 3.63) is 45.6 Å². The molecule has 2 N–H and O–H groups in total. The number of hydrogen-bond donors (Lipinski definition) is 2. The maximum Gasteiger partial charge on any atom is 0.213 e. The van der Waals surface area contributed by atoms with Crippen molar-refractivity contribution in [2.45, 2.75) is 51.4 Å². The van der Waals surface area contributed by atoms with Crippen LogP contribution >= 0.6 is 78.3 Å². The van der Waals surface area contributed by atoms with Crippen LogP contribution in [-0.4, -0.2) is 60.9 Å². The largest absolute Gasteiger partial charge is 0.478 e. The van der Waals surface area contributed by atoms with E-state index in [4.69, 9.17) is 9.47 Å². The zero-order chi connectivity index (χ0) is 25.5. The topological polar surface area (TPSA) is 68.3 Å². The molecule has 0 aliphatic rings. The van der Waals surface area contributed by atoms with Gasteiger partial charge in [-0.3, -0.25) is 0 Å². The number of aromatic nitrogens is 2. The number of pyridine rings is 2. The maximum atomic E-state index is 5.65. The minimum atomic E-state index is 0. The average molecular weight is 737 g/mol. The molecule has 6 nitrogen and oxygen atoms in total. The third kappa shape index (κ3) is 21.8. The van der Waals surface area contributed by atoms with Crippen LogP contribution < -0.4 is 20.1 Å². The summed E-state index contributed by atoms with van der Waals surface area (Å²) >= 11 is 6.76. The Morgan fingerprint density at radius 2 is 1.00 bits per heavy atom. The quantitative estimate of drug-likeness (QED) is 0.0880. The number of nitrogens with one attached hydrogen (secondary N) is 2. The van der Waals surface area contributed by atoms with E-state index in [1.807, 2.05) is 45.9 Å². The molecule has 0 amide bonds. The summed E-state index contributed by atoms with van der Waals surface area (Å²) in [4.78, 5) is 8.43. The lowest BCUT2D eigenvalue weighted by Crippen LogP contribution is -2.19. The van der Waals surface area contributed by atoms with Gasteiger partial charge in [-0.2, -0.15) is 0 Å². The third-order valence-corrected chi connectivity index (χ3v) is 8.55. The Labute approximate surface area is 266 Å². The molecule has 12 heteroatoms. The molecule has 0 fully saturated rings. The second-order valence-corrected chi connectivity index (χ2v) is 12.8. The molecular weight excluding hydrogens is 695 g/mol. The smallest absolute Gasteiger partial charge is 0.213 e. The summed E-state index contributed by atoms with van der Waals surface area (Å²) in [6.45, 7) is 5.87. The Hall–Kier alpha value is 0.0600. The van der Waals surface area contributed by atoms with Crippen LogP contribution in [0, 0.1) is 0 Å². The summed E-state index contributed by atoms with van der Waals surface area (Å²) < 4.78 is 13.2. The molecule has 0 aliphatic carbocycles. The van der Waals surface area contributed by atoms with Crippen molar-refractivity contribution in [3.63, 3.8) is 0 Å². The van der Waals surface area contributed by atoms with Crippen molar-refractivity contribution in [3.8, 4) is 11.8 Å². The highest BCUT2D eigenvalue weighted by molar-refractivity contribution is 9.10. The van der Waals surface area contributed by atoms with Crippen molar-refractivity contribution >= 4 is 78.3 Å². The molecular formula is C26H42Br2Cl2N4O2S2. The summed E-state index contributed by atoms with van der Waals surface area (Å²) in [5.74, 6) is 3.73. The Bertz CT molecular complexity index is 719. The first kappa shape index (κ1) is 38.1. The summed E-state index contributed by atoms with van der Waals surface area (Å²) in [7, 11) is 3.94. The molecule has 2 aromatic heterocycles. The van der Waals surface area contributed by atoms with E-state index in [1.165, 1.54) is 38.5 Å². The molecule has 0 atom stereocenters. The van der Waals surface area contributed by atoms with Gasteiger partial charge in [-0.05, 0) is 82.8 Å². The highest BCUT2D eigenvalue weighted by atomic mass is 79.9. The van der Waals surface area contributed by atoms with E-state index in [1.54, 1.807) is 12.4 Å². The fraction of sp³-hybridized carbons (Fsp3) is 0.615. The lowest BCUT2D eigenvalue weighted by molar-refractivity contribution is 0.293. The molecule has 0 bridgehead atoms. The predicted octanol–water partition coefficient (Wildman–Crippen LogP) is 7.98. The fourth-order valence-corrected chi connectivity index (χ4v) is 5.62. The normalized spacial score (nSPS) is 10.5. The summed E-state index contributed by atoms with van der Waals surface area (Å²) in [6, 6.07) is 7.70. The highest BCUT2D eigenvalue weighted by Crippen LogP contribution is 2.19. The van der Waals surface area contributed by atoms with Crippen LogP contribution in [0.3, 0.4) is 0 Å². The Balaban J connectivity index is 0.00000684. The number of halogens is 4. The SMILES string of the molecule is Brc1ccc(OCCCCCCNCCSSCCNCCCCCCOc2ccc(Br)cn2)nc1.Cl.Cl. The van der Waals surface area contributed by atoms with E-state index in [9.17, 15) is 0 Å². The van der Waals surface area contributed by atoms with E-state index in [0.29, 0.717) is 11.8 Å². The van der Waals surface area contributed by atoms with E-state index in [0.717, 1.165) is 72.7 Å². The molecule has 218 valence electrons. The van der Waals surface area contributed by atoms with Gasteiger partial charge in [0.25, 0.3) is 0 Å². The molecule has 2 aromatic rings. The molecule has 2 rings (SSSR count). The van der Waals surface area contributed by atoms with Gasteiger partial charge in [0.15, 0.2) is 0 Å². The van der Waals surface area contributed by atoms with Crippen molar-refractivity contribution in [2.75, 3.05) is 50.9 Å². The molecule has 0 aliphatic heterocycles.